The van der Waals surface area contributed by atoms with Gasteiger partial charge in [0, 0.05) is 12.6 Å². The van der Waals surface area contributed by atoms with Gasteiger partial charge in [0.1, 0.15) is 12.2 Å². The lowest BCUT2D eigenvalue weighted by atomic mass is 10.0. The predicted molar refractivity (Wildman–Crippen MR) is 80.4 cm³/mol. The molecule has 0 aromatic carbocycles. The van der Waals surface area contributed by atoms with Gasteiger partial charge in [-0.25, -0.2) is 9.67 Å². The number of rotatable bonds is 7. The van der Waals surface area contributed by atoms with E-state index in [-0.39, 0.29) is 12.5 Å². The molecule has 0 saturated carbocycles. The van der Waals surface area contributed by atoms with Crippen molar-refractivity contribution in [1.29, 1.82) is 0 Å². The van der Waals surface area contributed by atoms with Gasteiger partial charge in [0.15, 0.2) is 0 Å². The van der Waals surface area contributed by atoms with Crippen molar-refractivity contribution in [2.24, 2.45) is 11.7 Å². The van der Waals surface area contributed by atoms with Gasteiger partial charge in [0.25, 0.3) is 0 Å². The topological polar surface area (TPSA) is 89.1 Å². The number of nitrogens with zero attached hydrogens (tertiary/aromatic N) is 4. The van der Waals surface area contributed by atoms with E-state index < -0.39 is 0 Å². The van der Waals surface area contributed by atoms with Gasteiger partial charge in [-0.2, -0.15) is 5.10 Å². The molecule has 1 aliphatic heterocycles. The van der Waals surface area contributed by atoms with E-state index in [1.807, 2.05) is 4.68 Å². The average Bonchev–Trinajstić information content (AvgIpc) is 2.85. The van der Waals surface area contributed by atoms with Crippen LogP contribution in [0.2, 0.25) is 0 Å². The van der Waals surface area contributed by atoms with Crippen molar-refractivity contribution in [3.05, 3.63) is 12.2 Å². The number of nitrogens with two attached hydrogens (primary N) is 1. The molecule has 0 aliphatic carbocycles. The molecule has 0 bridgehead atoms. The minimum absolute atomic E-state index is 0.277. The maximum absolute atomic E-state index is 11.4. The molecule has 1 fully saturated rings. The molecule has 1 aromatic rings. The van der Waals surface area contributed by atoms with Crippen molar-refractivity contribution in [3.8, 4) is 0 Å². The SMILES string of the molecule is CC(C)Cn1ncnc1CN(CC(N)=O)C1CCNCC1. The highest BCUT2D eigenvalue weighted by Crippen LogP contribution is 2.15. The molecule has 2 rings (SSSR count). The van der Waals surface area contributed by atoms with Crippen LogP contribution < -0.4 is 11.1 Å². The van der Waals surface area contributed by atoms with Crippen molar-refractivity contribution in [2.45, 2.75) is 45.8 Å². The van der Waals surface area contributed by atoms with Crippen LogP contribution in [0.15, 0.2) is 6.33 Å². The summed E-state index contributed by atoms with van der Waals surface area (Å²) in [5.41, 5.74) is 5.41. The average molecular weight is 294 g/mol. The van der Waals surface area contributed by atoms with Crippen LogP contribution in [-0.2, 0) is 17.9 Å². The lowest BCUT2D eigenvalue weighted by Gasteiger charge is -2.33. The molecule has 2 heterocycles. The molecule has 118 valence electrons. The molecule has 0 spiro atoms. The van der Waals surface area contributed by atoms with Crippen molar-refractivity contribution in [2.75, 3.05) is 19.6 Å². The second kappa shape index (κ2) is 7.51. The van der Waals surface area contributed by atoms with Gasteiger partial charge < -0.3 is 11.1 Å². The Hall–Kier alpha value is -1.47. The lowest BCUT2D eigenvalue weighted by Crippen LogP contribution is -2.46. The molecule has 21 heavy (non-hydrogen) atoms. The largest absolute Gasteiger partial charge is 0.369 e. The smallest absolute Gasteiger partial charge is 0.231 e. The van der Waals surface area contributed by atoms with Crippen molar-refractivity contribution < 1.29 is 4.79 Å². The van der Waals surface area contributed by atoms with Crippen LogP contribution >= 0.6 is 0 Å². The van der Waals surface area contributed by atoms with Crippen LogP contribution in [0.4, 0.5) is 0 Å². The Labute approximate surface area is 125 Å². The first-order valence-electron chi connectivity index (χ1n) is 7.66. The number of aromatic nitrogens is 3. The fourth-order valence-electron chi connectivity index (χ4n) is 2.78. The van der Waals surface area contributed by atoms with Gasteiger partial charge in [-0.05, 0) is 31.8 Å². The van der Waals surface area contributed by atoms with E-state index in [1.165, 1.54) is 0 Å². The van der Waals surface area contributed by atoms with Crippen molar-refractivity contribution in [1.82, 2.24) is 25.0 Å². The number of carbonyl (C=O) groups is 1. The Morgan fingerprint density at radius 3 is 2.86 bits per heavy atom. The molecule has 3 N–H and O–H groups in total. The van der Waals surface area contributed by atoms with Gasteiger partial charge in [0.05, 0.1) is 13.1 Å². The summed E-state index contributed by atoms with van der Waals surface area (Å²) >= 11 is 0. The van der Waals surface area contributed by atoms with Gasteiger partial charge in [-0.15, -0.1) is 0 Å². The van der Waals surface area contributed by atoms with Gasteiger partial charge in [-0.3, -0.25) is 9.69 Å². The summed E-state index contributed by atoms with van der Waals surface area (Å²) in [5, 5.41) is 7.63. The summed E-state index contributed by atoms with van der Waals surface area (Å²) in [5.74, 6) is 1.13. The zero-order valence-corrected chi connectivity index (χ0v) is 13.0. The third-order valence-electron chi connectivity index (χ3n) is 3.76. The molecule has 7 nitrogen and oxygen atoms in total. The monoisotopic (exact) mass is 294 g/mol. The normalized spacial score (nSPS) is 16.8. The quantitative estimate of drug-likeness (QED) is 0.737. The molecule has 0 radical (unpaired) electrons. The summed E-state index contributed by atoms with van der Waals surface area (Å²) < 4.78 is 1.93. The maximum Gasteiger partial charge on any atom is 0.231 e. The van der Waals surface area contributed by atoms with Crippen LogP contribution in [-0.4, -0.2) is 51.2 Å². The number of amides is 1. The Balaban J connectivity index is 2.07. The molecule has 1 aliphatic rings. The fraction of sp³-hybridized carbons (Fsp3) is 0.786. The van der Waals surface area contributed by atoms with Crippen LogP contribution in [0, 0.1) is 5.92 Å². The van der Waals surface area contributed by atoms with Gasteiger partial charge in [-0.1, -0.05) is 13.8 Å². The van der Waals surface area contributed by atoms with E-state index in [4.69, 9.17) is 5.73 Å². The first-order valence-corrected chi connectivity index (χ1v) is 7.66. The Morgan fingerprint density at radius 2 is 2.24 bits per heavy atom. The Morgan fingerprint density at radius 1 is 1.52 bits per heavy atom. The fourth-order valence-corrected chi connectivity index (χ4v) is 2.78. The molecule has 7 heteroatoms. The number of piperidine rings is 1. The third kappa shape index (κ3) is 4.78. The maximum atomic E-state index is 11.4. The summed E-state index contributed by atoms with van der Waals surface area (Å²) in [6, 6.07) is 0.378. The Bertz CT molecular complexity index is 452. The van der Waals surface area contributed by atoms with E-state index in [2.05, 4.69) is 34.1 Å². The summed E-state index contributed by atoms with van der Waals surface area (Å²) in [7, 11) is 0. The highest BCUT2D eigenvalue weighted by atomic mass is 16.1. The number of hydrogen-bond donors (Lipinski definition) is 2. The molecular formula is C14H26N6O. The van der Waals surface area contributed by atoms with E-state index in [0.717, 1.165) is 38.3 Å². The number of hydrogen-bond acceptors (Lipinski definition) is 5. The van der Waals surface area contributed by atoms with E-state index in [1.54, 1.807) is 6.33 Å². The van der Waals surface area contributed by atoms with E-state index in [9.17, 15) is 4.79 Å². The van der Waals surface area contributed by atoms with Crippen LogP contribution in [0.25, 0.3) is 0 Å². The van der Waals surface area contributed by atoms with Crippen molar-refractivity contribution in [3.63, 3.8) is 0 Å². The molecule has 1 aromatic heterocycles. The standard InChI is InChI=1S/C14H26N6O/c1-11(2)7-20-14(17-10-18-20)9-19(8-13(15)21)12-3-5-16-6-4-12/h10-12,16H,3-9H2,1-2H3,(H2,15,21). The summed E-state index contributed by atoms with van der Waals surface area (Å²) in [6.07, 6.45) is 3.65. The molecule has 0 atom stereocenters. The molecule has 0 unspecified atom stereocenters. The number of primary amides is 1. The number of nitrogens with one attached hydrogen (secondary N) is 1. The Kier molecular flexibility index (Phi) is 5.69. The predicted octanol–water partition coefficient (Wildman–Crippen LogP) is -0.0266. The zero-order valence-electron chi connectivity index (χ0n) is 13.0. The van der Waals surface area contributed by atoms with Crippen LogP contribution in [0.5, 0.6) is 0 Å². The van der Waals surface area contributed by atoms with Gasteiger partial charge in [0.2, 0.25) is 5.91 Å². The highest BCUT2D eigenvalue weighted by Gasteiger charge is 2.24. The molecular weight excluding hydrogens is 268 g/mol. The second-order valence-corrected chi connectivity index (χ2v) is 6.10. The van der Waals surface area contributed by atoms with E-state index in [0.29, 0.717) is 18.5 Å². The summed E-state index contributed by atoms with van der Waals surface area (Å²) in [4.78, 5) is 17.9. The van der Waals surface area contributed by atoms with E-state index >= 15 is 0 Å². The first kappa shape index (κ1) is 15.9. The van der Waals surface area contributed by atoms with Crippen LogP contribution in [0.1, 0.15) is 32.5 Å². The minimum atomic E-state index is -0.288. The lowest BCUT2D eigenvalue weighted by molar-refractivity contribution is -0.120. The molecule has 1 saturated heterocycles. The minimum Gasteiger partial charge on any atom is -0.369 e. The highest BCUT2D eigenvalue weighted by molar-refractivity contribution is 5.75. The third-order valence-corrected chi connectivity index (χ3v) is 3.76. The van der Waals surface area contributed by atoms with Crippen molar-refractivity contribution >= 4 is 5.91 Å². The molecule has 1 amide bonds. The number of carbonyl (C=O) groups excluding carboxylic acids is 1. The summed E-state index contributed by atoms with van der Waals surface area (Å²) in [6.45, 7) is 8.02. The second-order valence-electron chi connectivity index (χ2n) is 6.10. The first-order chi connectivity index (χ1) is 10.1. The van der Waals surface area contributed by atoms with Crippen LogP contribution in [0.3, 0.4) is 0 Å². The van der Waals surface area contributed by atoms with Gasteiger partial charge >= 0.3 is 0 Å². The zero-order chi connectivity index (χ0) is 15.2.